The van der Waals surface area contributed by atoms with Gasteiger partial charge < -0.3 is 15.0 Å². The first-order chi connectivity index (χ1) is 16.3. The summed E-state index contributed by atoms with van der Waals surface area (Å²) in [4.78, 5) is 22.3. The number of nitrogens with one attached hydrogen (secondary N) is 1. The molecule has 1 aliphatic heterocycles. The van der Waals surface area contributed by atoms with Crippen LogP contribution in [0.4, 0.5) is 24.7 Å². The molecule has 1 aliphatic rings. The van der Waals surface area contributed by atoms with Gasteiger partial charge in [0.1, 0.15) is 30.8 Å². The SMILES string of the molecule is O=C(Nc1cccc(OCCn2cncn2)c1)C1CCN(c2ncc(C(F)(F)F)cc2Cl)CC1. The molecule has 1 N–H and O–H groups in total. The van der Waals surface area contributed by atoms with Crippen LogP contribution >= 0.6 is 11.6 Å². The minimum atomic E-state index is -4.50. The van der Waals surface area contributed by atoms with E-state index in [0.29, 0.717) is 56.3 Å². The Morgan fingerprint density at radius 3 is 2.71 bits per heavy atom. The summed E-state index contributed by atoms with van der Waals surface area (Å²) in [6.45, 7) is 1.87. The quantitative estimate of drug-likeness (QED) is 0.528. The second-order valence-electron chi connectivity index (χ2n) is 7.81. The van der Waals surface area contributed by atoms with Gasteiger partial charge in [-0.3, -0.25) is 4.79 Å². The topological polar surface area (TPSA) is 85.2 Å². The Labute approximate surface area is 198 Å². The summed E-state index contributed by atoms with van der Waals surface area (Å²) in [5.41, 5.74) is -0.266. The van der Waals surface area contributed by atoms with Crippen molar-refractivity contribution in [2.45, 2.75) is 25.6 Å². The van der Waals surface area contributed by atoms with E-state index in [2.05, 4.69) is 20.4 Å². The van der Waals surface area contributed by atoms with E-state index in [0.717, 1.165) is 12.3 Å². The fraction of sp³-hybridized carbons (Fsp3) is 0.364. The Bertz CT molecular complexity index is 1120. The van der Waals surface area contributed by atoms with Crippen LogP contribution in [0.15, 0.2) is 49.2 Å². The highest BCUT2D eigenvalue weighted by Crippen LogP contribution is 2.34. The fourth-order valence-corrected chi connectivity index (χ4v) is 3.97. The number of amides is 1. The van der Waals surface area contributed by atoms with Crippen LogP contribution in [0.2, 0.25) is 5.02 Å². The van der Waals surface area contributed by atoms with Gasteiger partial charge in [0.25, 0.3) is 0 Å². The van der Waals surface area contributed by atoms with E-state index >= 15 is 0 Å². The number of nitrogens with zero attached hydrogens (tertiary/aromatic N) is 5. The van der Waals surface area contributed by atoms with Crippen molar-refractivity contribution in [3.63, 3.8) is 0 Å². The summed E-state index contributed by atoms with van der Waals surface area (Å²) in [7, 11) is 0. The number of anilines is 2. The van der Waals surface area contributed by atoms with Crippen LogP contribution in [0.5, 0.6) is 5.75 Å². The summed E-state index contributed by atoms with van der Waals surface area (Å²) < 4.78 is 45.9. The number of hydrogen-bond acceptors (Lipinski definition) is 6. The van der Waals surface area contributed by atoms with Crippen molar-refractivity contribution in [1.29, 1.82) is 0 Å². The van der Waals surface area contributed by atoms with E-state index in [9.17, 15) is 18.0 Å². The monoisotopic (exact) mass is 494 g/mol. The van der Waals surface area contributed by atoms with Gasteiger partial charge in [-0.05, 0) is 31.0 Å². The normalized spacial score (nSPS) is 14.8. The van der Waals surface area contributed by atoms with Crippen molar-refractivity contribution in [2.24, 2.45) is 5.92 Å². The Morgan fingerprint density at radius 1 is 1.24 bits per heavy atom. The van der Waals surface area contributed by atoms with Gasteiger partial charge in [0, 0.05) is 37.0 Å². The molecule has 2 aromatic heterocycles. The minimum absolute atomic E-state index is 0.0571. The third-order valence-electron chi connectivity index (χ3n) is 5.47. The van der Waals surface area contributed by atoms with Crippen LogP contribution < -0.4 is 15.0 Å². The number of rotatable bonds is 7. The zero-order chi connectivity index (χ0) is 24.1. The molecule has 12 heteroatoms. The molecule has 0 radical (unpaired) electrons. The number of hydrogen-bond donors (Lipinski definition) is 1. The largest absolute Gasteiger partial charge is 0.492 e. The maximum Gasteiger partial charge on any atom is 0.417 e. The Kier molecular flexibility index (Phi) is 7.20. The van der Waals surface area contributed by atoms with Gasteiger partial charge in [0.15, 0.2) is 0 Å². The lowest BCUT2D eigenvalue weighted by atomic mass is 9.95. The summed E-state index contributed by atoms with van der Waals surface area (Å²) in [6.07, 6.45) is 0.390. The lowest BCUT2D eigenvalue weighted by Gasteiger charge is -2.32. The van der Waals surface area contributed by atoms with Crippen molar-refractivity contribution < 1.29 is 22.7 Å². The third-order valence-corrected chi connectivity index (χ3v) is 5.75. The van der Waals surface area contributed by atoms with Gasteiger partial charge in [0.2, 0.25) is 5.91 Å². The standard InChI is InChI=1S/C22H22ClF3N6O2/c23-19-10-16(22(24,25)26)12-28-20(19)31-6-4-15(5-7-31)21(33)30-17-2-1-3-18(11-17)34-9-8-32-14-27-13-29-32/h1-3,10-15H,4-9H2,(H,30,33). The van der Waals surface area contributed by atoms with E-state index in [4.69, 9.17) is 16.3 Å². The molecule has 0 unspecified atom stereocenters. The van der Waals surface area contributed by atoms with Gasteiger partial charge in [0.05, 0.1) is 17.1 Å². The molecule has 1 aromatic carbocycles. The van der Waals surface area contributed by atoms with Crippen molar-refractivity contribution in [3.8, 4) is 5.75 Å². The average Bonchev–Trinajstić information content (AvgIpc) is 3.32. The molecule has 3 heterocycles. The lowest BCUT2D eigenvalue weighted by Crippen LogP contribution is -2.38. The fourth-order valence-electron chi connectivity index (χ4n) is 3.69. The first-order valence-electron chi connectivity index (χ1n) is 10.6. The summed E-state index contributed by atoms with van der Waals surface area (Å²) in [5.74, 6) is 0.562. The number of halogens is 4. The Morgan fingerprint density at radius 2 is 2.03 bits per heavy atom. The van der Waals surface area contributed by atoms with Gasteiger partial charge >= 0.3 is 6.18 Å². The van der Waals surface area contributed by atoms with E-state index in [1.54, 1.807) is 40.2 Å². The molecule has 0 bridgehead atoms. The van der Waals surface area contributed by atoms with Crippen LogP contribution in [0.3, 0.4) is 0 Å². The zero-order valence-electron chi connectivity index (χ0n) is 18.0. The minimum Gasteiger partial charge on any atom is -0.492 e. The molecule has 0 aliphatic carbocycles. The highest BCUT2D eigenvalue weighted by molar-refractivity contribution is 6.33. The molecule has 0 atom stereocenters. The maximum atomic E-state index is 12.8. The summed E-state index contributed by atoms with van der Waals surface area (Å²) in [5, 5.41) is 6.87. The summed E-state index contributed by atoms with van der Waals surface area (Å²) >= 11 is 6.05. The Hall–Kier alpha value is -3.34. The van der Waals surface area contributed by atoms with E-state index in [-0.39, 0.29) is 16.8 Å². The number of pyridine rings is 1. The van der Waals surface area contributed by atoms with Crippen LogP contribution in [0, 0.1) is 5.92 Å². The van der Waals surface area contributed by atoms with Gasteiger partial charge in [-0.25, -0.2) is 14.6 Å². The molecule has 1 saturated heterocycles. The Balaban J connectivity index is 1.28. The molecule has 8 nitrogen and oxygen atoms in total. The number of benzene rings is 1. The number of carbonyl (C=O) groups excluding carboxylic acids is 1. The molecule has 3 aromatic rings. The van der Waals surface area contributed by atoms with Crippen LogP contribution in [-0.4, -0.2) is 45.4 Å². The molecule has 1 amide bonds. The molecule has 0 spiro atoms. The van der Waals surface area contributed by atoms with Gasteiger partial charge in [-0.1, -0.05) is 17.7 Å². The van der Waals surface area contributed by atoms with Crippen LogP contribution in [0.25, 0.3) is 0 Å². The smallest absolute Gasteiger partial charge is 0.417 e. The third kappa shape index (κ3) is 5.96. The maximum absolute atomic E-state index is 12.8. The van der Waals surface area contributed by atoms with Crippen LogP contribution in [-0.2, 0) is 17.5 Å². The number of ether oxygens (including phenoxy) is 1. The number of carbonyl (C=O) groups is 1. The molecular formula is C22H22ClF3N6O2. The molecule has 4 rings (SSSR count). The van der Waals surface area contributed by atoms with E-state index < -0.39 is 11.7 Å². The number of alkyl halides is 3. The van der Waals surface area contributed by atoms with Crippen molar-refractivity contribution in [1.82, 2.24) is 19.7 Å². The number of piperidine rings is 1. The molecule has 0 saturated carbocycles. The predicted molar refractivity (Wildman–Crippen MR) is 120 cm³/mol. The molecule has 180 valence electrons. The summed E-state index contributed by atoms with van der Waals surface area (Å²) in [6, 6.07) is 8.00. The van der Waals surface area contributed by atoms with E-state index in [1.807, 2.05) is 0 Å². The predicted octanol–water partition coefficient (Wildman–Crippen LogP) is 4.28. The van der Waals surface area contributed by atoms with Crippen molar-refractivity contribution in [2.75, 3.05) is 29.9 Å². The average molecular weight is 495 g/mol. The van der Waals surface area contributed by atoms with Crippen molar-refractivity contribution in [3.05, 3.63) is 59.8 Å². The number of aromatic nitrogens is 4. The molecule has 34 heavy (non-hydrogen) atoms. The van der Waals surface area contributed by atoms with Crippen LogP contribution in [0.1, 0.15) is 18.4 Å². The highest BCUT2D eigenvalue weighted by atomic mass is 35.5. The second-order valence-corrected chi connectivity index (χ2v) is 8.22. The van der Waals surface area contributed by atoms with E-state index in [1.165, 1.54) is 6.33 Å². The lowest BCUT2D eigenvalue weighted by molar-refractivity contribution is -0.137. The highest BCUT2D eigenvalue weighted by Gasteiger charge is 2.33. The second kappa shape index (κ2) is 10.3. The molecular weight excluding hydrogens is 473 g/mol. The first kappa shape index (κ1) is 23.8. The van der Waals surface area contributed by atoms with Gasteiger partial charge in [-0.2, -0.15) is 18.3 Å². The van der Waals surface area contributed by atoms with Crippen molar-refractivity contribution >= 4 is 29.0 Å². The molecule has 1 fully saturated rings. The van der Waals surface area contributed by atoms with Gasteiger partial charge in [-0.15, -0.1) is 0 Å². The first-order valence-corrected chi connectivity index (χ1v) is 11.0. The zero-order valence-corrected chi connectivity index (χ0v) is 18.8.